The Hall–Kier alpha value is -2.24. The molecule has 2 aliphatic heterocycles. The van der Waals surface area contributed by atoms with Gasteiger partial charge >= 0.3 is 0 Å². The van der Waals surface area contributed by atoms with E-state index in [1.807, 2.05) is 0 Å². The van der Waals surface area contributed by atoms with Gasteiger partial charge < -0.3 is 29.0 Å². The normalized spacial score (nSPS) is 25.2. The monoisotopic (exact) mass is 473 g/mol. The molecule has 1 aromatic carbocycles. The molecule has 2 aliphatic rings. The summed E-state index contributed by atoms with van der Waals surface area (Å²) in [7, 11) is 0. The maximum Gasteiger partial charge on any atom is 0.296 e. The van der Waals surface area contributed by atoms with Crippen LogP contribution >= 0.6 is 23.2 Å². The second kappa shape index (κ2) is 8.03. The topological polar surface area (TPSA) is 98.7 Å². The van der Waals surface area contributed by atoms with Crippen molar-refractivity contribution in [1.82, 2.24) is 15.0 Å². The quantitative estimate of drug-likeness (QED) is 0.587. The van der Waals surface area contributed by atoms with Gasteiger partial charge in [0.15, 0.2) is 11.8 Å². The molecule has 4 atom stereocenters. The predicted octanol–water partition coefficient (Wildman–Crippen LogP) is 3.03. The van der Waals surface area contributed by atoms with E-state index < -0.39 is 42.7 Å². The number of halogens is 4. The molecular weight excluding hydrogens is 459 g/mol. The van der Waals surface area contributed by atoms with Gasteiger partial charge in [0.1, 0.15) is 41.6 Å². The number of fused-ring (bicyclic) bond motifs is 2. The number of hydrogen-bond donors (Lipinski definition) is 2. The van der Waals surface area contributed by atoms with Crippen LogP contribution in [0.15, 0.2) is 18.2 Å². The summed E-state index contributed by atoms with van der Waals surface area (Å²) in [6.07, 6.45) is -1.98. The molecule has 2 saturated heterocycles. The number of hydrogen-bond acceptors (Lipinski definition) is 7. The van der Waals surface area contributed by atoms with Crippen LogP contribution in [-0.2, 0) is 16.1 Å². The average Bonchev–Trinajstić information content (AvgIpc) is 3.38. The minimum atomic E-state index is -0.839. The Kier molecular flexibility index (Phi) is 5.35. The summed E-state index contributed by atoms with van der Waals surface area (Å²) in [6.45, 7) is -0.0187. The molecule has 3 aromatic rings. The SMILES string of the molecule is O[C@@H]1COC2C1OC[C@H]2Oc1nc2nc(OCc3c(F)cc(Cl)cc3F)c(Cl)cc2[nH]1. The van der Waals surface area contributed by atoms with Crippen molar-refractivity contribution in [2.24, 2.45) is 0 Å². The molecule has 0 saturated carbocycles. The molecule has 0 bridgehead atoms. The number of H-pyrrole nitrogens is 1. The molecule has 0 spiro atoms. The number of aliphatic hydroxyl groups is 1. The molecule has 0 radical (unpaired) electrons. The van der Waals surface area contributed by atoms with E-state index in [0.29, 0.717) is 5.52 Å². The smallest absolute Gasteiger partial charge is 0.296 e. The van der Waals surface area contributed by atoms with E-state index in [-0.39, 0.29) is 46.4 Å². The maximum absolute atomic E-state index is 14.0. The number of aromatic amines is 1. The first-order valence-electron chi connectivity index (χ1n) is 9.29. The lowest BCUT2D eigenvalue weighted by molar-refractivity contribution is 0.00706. The summed E-state index contributed by atoms with van der Waals surface area (Å²) < 4.78 is 50.2. The number of aromatic nitrogens is 3. The van der Waals surface area contributed by atoms with Gasteiger partial charge in [-0.15, -0.1) is 0 Å². The number of aliphatic hydroxyl groups excluding tert-OH is 1. The van der Waals surface area contributed by atoms with Crippen LogP contribution in [0.25, 0.3) is 11.2 Å². The minimum absolute atomic E-state index is 0.0486. The zero-order chi connectivity index (χ0) is 21.7. The van der Waals surface area contributed by atoms with Gasteiger partial charge in [-0.3, -0.25) is 0 Å². The number of imidazole rings is 1. The van der Waals surface area contributed by atoms with Crippen molar-refractivity contribution in [2.45, 2.75) is 31.0 Å². The van der Waals surface area contributed by atoms with Crippen molar-refractivity contribution in [3.8, 4) is 11.9 Å². The Bertz CT molecular complexity index is 1120. The number of nitrogens with one attached hydrogen (secondary N) is 1. The first-order valence-corrected chi connectivity index (χ1v) is 10.0. The van der Waals surface area contributed by atoms with Gasteiger partial charge in [-0.05, 0) is 18.2 Å². The van der Waals surface area contributed by atoms with Gasteiger partial charge in [-0.25, -0.2) is 8.78 Å². The van der Waals surface area contributed by atoms with Crippen LogP contribution in [0.5, 0.6) is 11.9 Å². The zero-order valence-corrected chi connectivity index (χ0v) is 17.2. The maximum atomic E-state index is 14.0. The molecule has 8 nitrogen and oxygen atoms in total. The second-order valence-electron chi connectivity index (χ2n) is 7.14. The third kappa shape index (κ3) is 3.90. The molecule has 31 heavy (non-hydrogen) atoms. The van der Waals surface area contributed by atoms with Crippen molar-refractivity contribution < 1.29 is 32.8 Å². The lowest BCUT2D eigenvalue weighted by atomic mass is 10.1. The van der Waals surface area contributed by atoms with Crippen LogP contribution in [0.2, 0.25) is 10.0 Å². The Balaban J connectivity index is 1.33. The molecule has 164 valence electrons. The van der Waals surface area contributed by atoms with Gasteiger partial charge in [0.25, 0.3) is 6.01 Å². The van der Waals surface area contributed by atoms with Crippen molar-refractivity contribution in [3.63, 3.8) is 0 Å². The van der Waals surface area contributed by atoms with Crippen LogP contribution in [0.1, 0.15) is 5.56 Å². The molecule has 4 heterocycles. The van der Waals surface area contributed by atoms with Gasteiger partial charge in [0, 0.05) is 5.02 Å². The Morgan fingerprint density at radius 1 is 1.10 bits per heavy atom. The van der Waals surface area contributed by atoms with E-state index in [2.05, 4.69) is 15.0 Å². The molecule has 0 aliphatic carbocycles. The predicted molar refractivity (Wildman–Crippen MR) is 105 cm³/mol. The van der Waals surface area contributed by atoms with Gasteiger partial charge in [0.05, 0.1) is 24.3 Å². The number of pyridine rings is 1. The molecule has 2 N–H and O–H groups in total. The van der Waals surface area contributed by atoms with Gasteiger partial charge in [-0.1, -0.05) is 23.2 Å². The van der Waals surface area contributed by atoms with E-state index in [1.165, 1.54) is 6.07 Å². The van der Waals surface area contributed by atoms with E-state index in [9.17, 15) is 13.9 Å². The van der Waals surface area contributed by atoms with E-state index in [0.717, 1.165) is 12.1 Å². The number of benzene rings is 1. The molecule has 5 rings (SSSR count). The molecule has 2 unspecified atom stereocenters. The highest BCUT2D eigenvalue weighted by molar-refractivity contribution is 6.32. The lowest BCUT2D eigenvalue weighted by Gasteiger charge is -2.15. The van der Waals surface area contributed by atoms with Crippen molar-refractivity contribution in [1.29, 1.82) is 0 Å². The lowest BCUT2D eigenvalue weighted by Crippen LogP contribution is -2.34. The summed E-state index contributed by atoms with van der Waals surface area (Å²) >= 11 is 11.8. The third-order valence-corrected chi connectivity index (χ3v) is 5.57. The average molecular weight is 474 g/mol. The summed E-state index contributed by atoms with van der Waals surface area (Å²) in [6, 6.07) is 3.65. The van der Waals surface area contributed by atoms with Crippen molar-refractivity contribution in [3.05, 3.63) is 45.4 Å². The third-order valence-electron chi connectivity index (χ3n) is 5.08. The summed E-state index contributed by atoms with van der Waals surface area (Å²) in [4.78, 5) is 11.4. The van der Waals surface area contributed by atoms with Gasteiger partial charge in [0.2, 0.25) is 5.88 Å². The molecule has 12 heteroatoms. The van der Waals surface area contributed by atoms with Crippen LogP contribution in [0.4, 0.5) is 8.78 Å². The second-order valence-corrected chi connectivity index (χ2v) is 7.99. The fourth-order valence-electron chi connectivity index (χ4n) is 3.58. The summed E-state index contributed by atoms with van der Waals surface area (Å²) in [5.74, 6) is -1.73. The number of ether oxygens (including phenoxy) is 4. The van der Waals surface area contributed by atoms with Crippen LogP contribution in [-0.4, -0.2) is 57.7 Å². The highest BCUT2D eigenvalue weighted by Crippen LogP contribution is 2.31. The molecule has 2 aromatic heterocycles. The standard InChI is InChI=1S/C19H15Cl2F2N3O5/c20-7-1-10(22)8(11(23)2-7)4-30-18-9(21)3-12-17(25-18)26-19(24-12)31-14-6-29-15-13(27)5-28-16(14)15/h1-3,13-16,27H,4-6H2,(H,24,25,26)/t13-,14-,15?,16?/m1/s1. The van der Waals surface area contributed by atoms with E-state index in [4.69, 9.17) is 42.1 Å². The van der Waals surface area contributed by atoms with Crippen LogP contribution in [0, 0.1) is 11.6 Å². The fraction of sp³-hybridized carbons (Fsp3) is 0.368. The zero-order valence-electron chi connectivity index (χ0n) is 15.6. The minimum Gasteiger partial charge on any atom is -0.471 e. The molecule has 0 amide bonds. The highest BCUT2D eigenvalue weighted by Gasteiger charge is 2.48. The largest absolute Gasteiger partial charge is 0.471 e. The molecular formula is C19H15Cl2F2N3O5. The Morgan fingerprint density at radius 2 is 1.84 bits per heavy atom. The Labute approximate surface area is 184 Å². The highest BCUT2D eigenvalue weighted by atomic mass is 35.5. The van der Waals surface area contributed by atoms with Crippen molar-refractivity contribution >= 4 is 34.4 Å². The van der Waals surface area contributed by atoms with Gasteiger partial charge in [-0.2, -0.15) is 9.97 Å². The van der Waals surface area contributed by atoms with Crippen LogP contribution < -0.4 is 9.47 Å². The first-order chi connectivity index (χ1) is 14.9. The summed E-state index contributed by atoms with van der Waals surface area (Å²) in [5.41, 5.74) is 0.399. The Morgan fingerprint density at radius 3 is 2.61 bits per heavy atom. The molecule has 2 fully saturated rings. The fourth-order valence-corrected chi connectivity index (χ4v) is 3.97. The van der Waals surface area contributed by atoms with Crippen LogP contribution in [0.3, 0.4) is 0 Å². The van der Waals surface area contributed by atoms with E-state index >= 15 is 0 Å². The van der Waals surface area contributed by atoms with E-state index in [1.54, 1.807) is 0 Å². The number of nitrogens with zero attached hydrogens (tertiary/aromatic N) is 2. The summed E-state index contributed by atoms with van der Waals surface area (Å²) in [5, 5.41) is 9.87. The van der Waals surface area contributed by atoms with Crippen molar-refractivity contribution in [2.75, 3.05) is 13.2 Å². The first kappa shape index (κ1) is 20.7. The number of rotatable bonds is 5.